The lowest BCUT2D eigenvalue weighted by atomic mass is 10.1. The number of nitrogens with zero attached hydrogens (tertiary/aromatic N) is 1. The van der Waals surface area contributed by atoms with Gasteiger partial charge in [-0.25, -0.2) is 0 Å². The fourth-order valence-electron chi connectivity index (χ4n) is 2.03. The lowest BCUT2D eigenvalue weighted by Crippen LogP contribution is -2.03. The van der Waals surface area contributed by atoms with Crippen LogP contribution in [0.2, 0.25) is 5.02 Å². The molecule has 1 N–H and O–H groups in total. The molecule has 0 atom stereocenters. The number of rotatable bonds is 5. The van der Waals surface area contributed by atoms with Gasteiger partial charge in [0.2, 0.25) is 0 Å². The summed E-state index contributed by atoms with van der Waals surface area (Å²) in [7, 11) is 0. The first-order valence-corrected chi connectivity index (χ1v) is 7.63. The molecule has 4 nitrogen and oxygen atoms in total. The van der Waals surface area contributed by atoms with Crippen LogP contribution in [0, 0.1) is 10.1 Å². The van der Waals surface area contributed by atoms with E-state index in [0.29, 0.717) is 17.1 Å². The zero-order chi connectivity index (χ0) is 15.4. The normalized spacial score (nSPS) is 10.4. The third-order valence-electron chi connectivity index (χ3n) is 3.16. The summed E-state index contributed by atoms with van der Waals surface area (Å²) in [5.74, 6) is 0. The number of hydrogen-bond donors (Lipinski definition) is 1. The molecule has 110 valence electrons. The minimum Gasteiger partial charge on any atom is -0.381 e. The molecule has 0 spiro atoms. The molecule has 6 heteroatoms. The second-order valence-corrected chi connectivity index (χ2v) is 5.86. The van der Waals surface area contributed by atoms with Crippen LogP contribution in [0.15, 0.2) is 40.9 Å². The van der Waals surface area contributed by atoms with Crippen LogP contribution in [0.4, 0.5) is 11.4 Å². The van der Waals surface area contributed by atoms with Gasteiger partial charge in [-0.2, -0.15) is 0 Å². The summed E-state index contributed by atoms with van der Waals surface area (Å²) in [6.07, 6.45) is 0.893. The summed E-state index contributed by atoms with van der Waals surface area (Å²) < 4.78 is 1.03. The van der Waals surface area contributed by atoms with Crippen molar-refractivity contribution in [2.24, 2.45) is 0 Å². The maximum absolute atomic E-state index is 10.8. The van der Waals surface area contributed by atoms with Gasteiger partial charge in [0, 0.05) is 33.9 Å². The van der Waals surface area contributed by atoms with Gasteiger partial charge in [-0.3, -0.25) is 10.1 Å². The lowest BCUT2D eigenvalue weighted by Gasteiger charge is -2.12. The second kappa shape index (κ2) is 6.91. The molecule has 21 heavy (non-hydrogen) atoms. The third kappa shape index (κ3) is 3.95. The van der Waals surface area contributed by atoms with E-state index in [2.05, 4.69) is 34.2 Å². The van der Waals surface area contributed by atoms with E-state index in [1.54, 1.807) is 6.07 Å². The first-order chi connectivity index (χ1) is 10.0. The minimum absolute atomic E-state index is 0.0442. The van der Waals surface area contributed by atoms with E-state index < -0.39 is 4.92 Å². The number of hydrogen-bond acceptors (Lipinski definition) is 3. The van der Waals surface area contributed by atoms with Crippen molar-refractivity contribution in [1.82, 2.24) is 0 Å². The first kappa shape index (κ1) is 15.8. The Bertz CT molecular complexity index is 677. The van der Waals surface area contributed by atoms with Gasteiger partial charge in [0.1, 0.15) is 0 Å². The molecule has 0 aliphatic rings. The van der Waals surface area contributed by atoms with Crippen LogP contribution in [0.1, 0.15) is 18.1 Å². The van der Waals surface area contributed by atoms with E-state index >= 15 is 0 Å². The standard InChI is InChI=1S/C15H14BrClN2O2/c1-2-10-7-12(16)3-6-15(10)18-9-11-8-13(19(20)21)4-5-14(11)17/h3-8,18H,2,9H2,1H3. The zero-order valence-corrected chi connectivity index (χ0v) is 13.7. The Labute approximate surface area is 136 Å². The first-order valence-electron chi connectivity index (χ1n) is 6.46. The van der Waals surface area contributed by atoms with Crippen LogP contribution < -0.4 is 5.32 Å². The van der Waals surface area contributed by atoms with E-state index in [1.807, 2.05) is 12.1 Å². The van der Waals surface area contributed by atoms with E-state index in [-0.39, 0.29) is 5.69 Å². The van der Waals surface area contributed by atoms with Gasteiger partial charge in [-0.1, -0.05) is 34.5 Å². The van der Waals surface area contributed by atoms with Crippen molar-refractivity contribution in [1.29, 1.82) is 0 Å². The van der Waals surface area contributed by atoms with Gasteiger partial charge in [0.15, 0.2) is 0 Å². The molecule has 2 rings (SSSR count). The van der Waals surface area contributed by atoms with Crippen molar-refractivity contribution in [3.05, 3.63) is 67.1 Å². The van der Waals surface area contributed by atoms with E-state index in [0.717, 1.165) is 16.6 Å². The Morgan fingerprint density at radius 3 is 2.67 bits per heavy atom. The Morgan fingerprint density at radius 2 is 2.00 bits per heavy atom. The van der Waals surface area contributed by atoms with Gasteiger partial charge in [0.05, 0.1) is 4.92 Å². The van der Waals surface area contributed by atoms with Crippen LogP contribution in [-0.4, -0.2) is 4.92 Å². The second-order valence-electron chi connectivity index (χ2n) is 4.54. The summed E-state index contributed by atoms with van der Waals surface area (Å²) in [6.45, 7) is 2.52. The quantitative estimate of drug-likeness (QED) is 0.583. The molecule has 2 aromatic carbocycles. The zero-order valence-electron chi connectivity index (χ0n) is 11.4. The van der Waals surface area contributed by atoms with Crippen LogP contribution in [0.5, 0.6) is 0 Å². The smallest absolute Gasteiger partial charge is 0.269 e. The minimum atomic E-state index is -0.420. The highest BCUT2D eigenvalue weighted by atomic mass is 79.9. The maximum atomic E-state index is 10.8. The highest BCUT2D eigenvalue weighted by Crippen LogP contribution is 2.25. The Hall–Kier alpha value is -1.59. The van der Waals surface area contributed by atoms with Gasteiger partial charge in [0.25, 0.3) is 5.69 Å². The summed E-state index contributed by atoms with van der Waals surface area (Å²) in [5.41, 5.74) is 2.92. The van der Waals surface area contributed by atoms with E-state index in [1.165, 1.54) is 17.7 Å². The van der Waals surface area contributed by atoms with Gasteiger partial charge < -0.3 is 5.32 Å². The summed E-state index contributed by atoms with van der Waals surface area (Å²) in [6, 6.07) is 10.4. The molecule has 0 aliphatic heterocycles. The number of nitro groups is 1. The molecule has 0 saturated carbocycles. The van der Waals surface area contributed by atoms with Crippen molar-refractivity contribution in [3.63, 3.8) is 0 Å². The molecule has 0 amide bonds. The maximum Gasteiger partial charge on any atom is 0.269 e. The average molecular weight is 370 g/mol. The predicted octanol–water partition coefficient (Wildman–Crippen LogP) is 5.19. The topological polar surface area (TPSA) is 55.2 Å². The molecule has 0 fully saturated rings. The molecule has 0 saturated heterocycles. The molecule has 0 bridgehead atoms. The molecular formula is C15H14BrClN2O2. The van der Waals surface area contributed by atoms with Crippen LogP contribution in [0.25, 0.3) is 0 Å². The predicted molar refractivity (Wildman–Crippen MR) is 89.0 cm³/mol. The molecular weight excluding hydrogens is 356 g/mol. The van der Waals surface area contributed by atoms with Crippen molar-refractivity contribution in [2.75, 3.05) is 5.32 Å². The molecule has 0 aromatic heterocycles. The summed E-state index contributed by atoms with van der Waals surface area (Å²) in [4.78, 5) is 10.4. The van der Waals surface area contributed by atoms with Crippen LogP contribution in [0.3, 0.4) is 0 Å². The van der Waals surface area contributed by atoms with E-state index in [9.17, 15) is 10.1 Å². The number of nitrogens with one attached hydrogen (secondary N) is 1. The number of halogens is 2. The van der Waals surface area contributed by atoms with Crippen molar-refractivity contribution in [3.8, 4) is 0 Å². The Balaban J connectivity index is 2.20. The van der Waals surface area contributed by atoms with Gasteiger partial charge >= 0.3 is 0 Å². The lowest BCUT2D eigenvalue weighted by molar-refractivity contribution is -0.384. The average Bonchev–Trinajstić information content (AvgIpc) is 2.47. The highest BCUT2D eigenvalue weighted by Gasteiger charge is 2.10. The number of aryl methyl sites for hydroxylation is 1. The molecule has 0 heterocycles. The number of anilines is 1. The molecule has 0 aliphatic carbocycles. The van der Waals surface area contributed by atoms with Gasteiger partial charge in [-0.15, -0.1) is 0 Å². The number of nitro benzene ring substituents is 1. The third-order valence-corrected chi connectivity index (χ3v) is 4.02. The number of benzene rings is 2. The fourth-order valence-corrected chi connectivity index (χ4v) is 2.62. The Morgan fingerprint density at radius 1 is 1.24 bits per heavy atom. The molecule has 2 aromatic rings. The van der Waals surface area contributed by atoms with Crippen LogP contribution in [-0.2, 0) is 13.0 Å². The van der Waals surface area contributed by atoms with Crippen molar-refractivity contribution in [2.45, 2.75) is 19.9 Å². The molecule has 0 radical (unpaired) electrons. The number of non-ortho nitro benzene ring substituents is 1. The van der Waals surface area contributed by atoms with Crippen molar-refractivity contribution < 1.29 is 4.92 Å². The van der Waals surface area contributed by atoms with Crippen LogP contribution >= 0.6 is 27.5 Å². The SMILES string of the molecule is CCc1cc(Br)ccc1NCc1cc([N+](=O)[O-])ccc1Cl. The largest absolute Gasteiger partial charge is 0.381 e. The highest BCUT2D eigenvalue weighted by molar-refractivity contribution is 9.10. The summed E-state index contributed by atoms with van der Waals surface area (Å²) >= 11 is 9.54. The van der Waals surface area contributed by atoms with Gasteiger partial charge in [-0.05, 0) is 41.8 Å². The van der Waals surface area contributed by atoms with E-state index in [4.69, 9.17) is 11.6 Å². The Kier molecular flexibility index (Phi) is 5.20. The van der Waals surface area contributed by atoms with Crippen molar-refractivity contribution >= 4 is 38.9 Å². The monoisotopic (exact) mass is 368 g/mol. The molecule has 0 unspecified atom stereocenters. The summed E-state index contributed by atoms with van der Waals surface area (Å²) in [5, 5.41) is 14.6. The fraction of sp³-hybridized carbons (Fsp3) is 0.200.